The van der Waals surface area contributed by atoms with Crippen LogP contribution in [0, 0.1) is 39.9 Å². The Hall–Kier alpha value is -2.03. The summed E-state index contributed by atoms with van der Waals surface area (Å²) in [4.78, 5) is 23.4. The predicted octanol–water partition coefficient (Wildman–Crippen LogP) is 3.33. The highest BCUT2D eigenvalue weighted by Gasteiger charge is 2.72. The number of carbonyl (C=O) groups is 2. The maximum atomic E-state index is 12.4. The zero-order valence-corrected chi connectivity index (χ0v) is 25.2. The molecule has 6 aliphatic rings. The number of nitriles is 1. The number of rotatable bonds is 5. The van der Waals surface area contributed by atoms with Crippen molar-refractivity contribution in [3.8, 4) is 6.07 Å². The number of aliphatic hydroxyl groups is 2. The quantitative estimate of drug-likeness (QED) is 0.363. The number of hydrogen-bond acceptors (Lipinski definition) is 10. The van der Waals surface area contributed by atoms with Crippen LogP contribution in [0.2, 0.25) is 0 Å². The number of hydrogen-bond donors (Lipinski definition) is 2. The molecule has 4 saturated carbocycles. The molecule has 0 aromatic rings. The summed E-state index contributed by atoms with van der Waals surface area (Å²) < 4.78 is 28.7. The zero-order valence-electron chi connectivity index (χ0n) is 25.2. The molecule has 10 nitrogen and oxygen atoms in total. The fourth-order valence-electron chi connectivity index (χ4n) is 10.3. The molecule has 2 aliphatic heterocycles. The molecule has 2 heterocycles. The molecule has 10 heteroatoms. The van der Waals surface area contributed by atoms with Crippen LogP contribution in [-0.2, 0) is 33.3 Å². The molecule has 5 fully saturated rings. The van der Waals surface area contributed by atoms with Crippen molar-refractivity contribution in [3.63, 3.8) is 0 Å². The molecule has 6 rings (SSSR count). The third-order valence-corrected chi connectivity index (χ3v) is 12.3. The van der Waals surface area contributed by atoms with E-state index in [0.29, 0.717) is 51.6 Å². The second-order valence-corrected chi connectivity index (χ2v) is 14.0. The SMILES string of the molecule is CO[C@@H]1C[C@H](O[C@@H]2CC[C@]3(C#N)[C@H]4CC[C@]5(C)[C@H](C6=CC(=O)OC6)CC[C@]5(O)[C@@H]4CC[C@]3(O)C2)O[C@H](C)[C@@H]1OC(C)=O. The largest absolute Gasteiger partial charge is 0.458 e. The fourth-order valence-corrected chi connectivity index (χ4v) is 10.3. The first kappa shape index (κ1) is 30.0. The average Bonchev–Trinajstić information content (AvgIpc) is 3.48. The number of esters is 2. The summed E-state index contributed by atoms with van der Waals surface area (Å²) in [6.45, 7) is 5.64. The van der Waals surface area contributed by atoms with E-state index in [0.717, 1.165) is 24.8 Å². The first-order valence-electron chi connectivity index (χ1n) is 15.6. The summed E-state index contributed by atoms with van der Waals surface area (Å²) in [5, 5.41) is 35.4. The third-order valence-electron chi connectivity index (χ3n) is 12.3. The Bertz CT molecular complexity index is 1180. The minimum absolute atomic E-state index is 0.0761. The van der Waals surface area contributed by atoms with Gasteiger partial charge in [0.15, 0.2) is 12.4 Å². The molecule has 1 saturated heterocycles. The van der Waals surface area contributed by atoms with E-state index in [1.165, 1.54) is 6.92 Å². The van der Waals surface area contributed by atoms with Crippen LogP contribution < -0.4 is 0 Å². The Morgan fingerprint density at radius 1 is 1.12 bits per heavy atom. The molecule has 4 aliphatic carbocycles. The van der Waals surface area contributed by atoms with Gasteiger partial charge in [0.05, 0.1) is 34.9 Å². The van der Waals surface area contributed by atoms with Crippen LogP contribution in [0.5, 0.6) is 0 Å². The first-order chi connectivity index (χ1) is 19.9. The number of methoxy groups -OCH3 is 1. The lowest BCUT2D eigenvalue weighted by Gasteiger charge is -2.64. The molecular weight excluding hydrogens is 542 g/mol. The van der Waals surface area contributed by atoms with Crippen LogP contribution in [0.3, 0.4) is 0 Å². The highest BCUT2D eigenvalue weighted by atomic mass is 16.7. The first-order valence-corrected chi connectivity index (χ1v) is 15.6. The monoisotopic (exact) mass is 587 g/mol. The smallest absolute Gasteiger partial charge is 0.331 e. The average molecular weight is 588 g/mol. The van der Waals surface area contributed by atoms with Gasteiger partial charge in [0.1, 0.15) is 12.7 Å². The molecule has 0 aromatic heterocycles. The van der Waals surface area contributed by atoms with Crippen molar-refractivity contribution >= 4 is 11.9 Å². The van der Waals surface area contributed by atoms with Crippen molar-refractivity contribution in [1.29, 1.82) is 5.26 Å². The van der Waals surface area contributed by atoms with E-state index in [2.05, 4.69) is 13.0 Å². The van der Waals surface area contributed by atoms with Crippen LogP contribution in [0.1, 0.15) is 85.0 Å². The van der Waals surface area contributed by atoms with Crippen LogP contribution in [0.25, 0.3) is 0 Å². The molecule has 0 aromatic carbocycles. The van der Waals surface area contributed by atoms with Gasteiger partial charge in [-0.1, -0.05) is 6.92 Å². The number of carbonyl (C=O) groups excluding carboxylic acids is 2. The minimum Gasteiger partial charge on any atom is -0.458 e. The maximum absolute atomic E-state index is 12.4. The van der Waals surface area contributed by atoms with E-state index >= 15 is 0 Å². The lowest BCUT2D eigenvalue weighted by atomic mass is 9.41. The highest BCUT2D eigenvalue weighted by Crippen LogP contribution is 2.70. The topological polar surface area (TPSA) is 145 Å². The second-order valence-electron chi connectivity index (χ2n) is 14.0. The van der Waals surface area contributed by atoms with Crippen molar-refractivity contribution < 1.29 is 43.5 Å². The van der Waals surface area contributed by atoms with E-state index in [-0.39, 0.29) is 35.9 Å². The summed E-state index contributed by atoms with van der Waals surface area (Å²) in [7, 11) is 1.58. The lowest BCUT2D eigenvalue weighted by molar-refractivity contribution is -0.288. The Kier molecular flexibility index (Phi) is 7.54. The van der Waals surface area contributed by atoms with Gasteiger partial charge in [-0.2, -0.15) is 5.26 Å². The second kappa shape index (κ2) is 10.6. The molecule has 12 atom stereocenters. The van der Waals surface area contributed by atoms with Gasteiger partial charge in [-0.3, -0.25) is 4.79 Å². The van der Waals surface area contributed by atoms with E-state index in [1.807, 2.05) is 6.92 Å². The number of cyclic esters (lactones) is 1. The Balaban J connectivity index is 1.18. The van der Waals surface area contributed by atoms with E-state index in [4.69, 9.17) is 23.7 Å². The molecule has 42 heavy (non-hydrogen) atoms. The minimum atomic E-state index is -1.23. The van der Waals surface area contributed by atoms with Gasteiger partial charge in [0, 0.05) is 38.4 Å². The Morgan fingerprint density at radius 2 is 1.88 bits per heavy atom. The molecule has 0 bridgehead atoms. The molecule has 0 spiro atoms. The lowest BCUT2D eigenvalue weighted by Crippen LogP contribution is -2.68. The van der Waals surface area contributed by atoms with Gasteiger partial charge in [0.2, 0.25) is 0 Å². The van der Waals surface area contributed by atoms with Gasteiger partial charge in [-0.15, -0.1) is 0 Å². The molecule has 0 radical (unpaired) electrons. The van der Waals surface area contributed by atoms with Gasteiger partial charge in [0.25, 0.3) is 0 Å². The summed E-state index contributed by atoms with van der Waals surface area (Å²) in [5.41, 5.74) is -2.59. The van der Waals surface area contributed by atoms with Crippen LogP contribution in [-0.4, -0.2) is 77.8 Å². The van der Waals surface area contributed by atoms with Crippen molar-refractivity contribution in [2.75, 3.05) is 13.7 Å². The Morgan fingerprint density at radius 3 is 2.55 bits per heavy atom. The third kappa shape index (κ3) is 4.37. The molecule has 2 N–H and O–H groups in total. The standard InChI is InChI=1S/C32H45NO9/c1-18-28(41-19(2)34)25(38-4)14-27(40-18)42-21-5-10-30(17-33)23-6-9-29(3)22(20-13-26(35)39-16-20)8-12-32(29,37)24(23)7-11-31(30,36)15-21/h13,18,21-25,27-28,36-37H,5-12,14-16H2,1-4H3/t18-,21-,22+,23+,24-,25-,27+,28+,29-,30+,31+,32+/m1/s1. The molecule has 0 amide bonds. The van der Waals surface area contributed by atoms with E-state index in [1.54, 1.807) is 13.2 Å². The maximum Gasteiger partial charge on any atom is 0.331 e. The van der Waals surface area contributed by atoms with Crippen molar-refractivity contribution in [2.45, 2.75) is 127 Å². The highest BCUT2D eigenvalue weighted by molar-refractivity contribution is 5.85. The van der Waals surface area contributed by atoms with Crippen LogP contribution >= 0.6 is 0 Å². The zero-order chi connectivity index (χ0) is 30.1. The van der Waals surface area contributed by atoms with Gasteiger partial charge >= 0.3 is 11.9 Å². The van der Waals surface area contributed by atoms with Crippen molar-refractivity contribution in [3.05, 3.63) is 11.6 Å². The number of ether oxygens (including phenoxy) is 5. The number of fused-ring (bicyclic) bond motifs is 5. The summed E-state index contributed by atoms with van der Waals surface area (Å²) in [5.74, 6) is -0.844. The predicted molar refractivity (Wildman–Crippen MR) is 147 cm³/mol. The Labute approximate surface area is 247 Å². The van der Waals surface area contributed by atoms with Gasteiger partial charge in [-0.05, 0) is 81.6 Å². The summed E-state index contributed by atoms with van der Waals surface area (Å²) in [6, 6.07) is 2.62. The van der Waals surface area contributed by atoms with Gasteiger partial charge < -0.3 is 33.9 Å². The summed E-state index contributed by atoms with van der Waals surface area (Å²) in [6.07, 6.45) is 5.16. The molecule has 0 unspecified atom stereocenters. The fraction of sp³-hybridized carbons (Fsp3) is 0.844. The van der Waals surface area contributed by atoms with Gasteiger partial charge in [-0.25, -0.2) is 4.79 Å². The van der Waals surface area contributed by atoms with Crippen molar-refractivity contribution in [1.82, 2.24) is 0 Å². The van der Waals surface area contributed by atoms with Crippen molar-refractivity contribution in [2.24, 2.45) is 28.6 Å². The molecule has 232 valence electrons. The van der Waals surface area contributed by atoms with Crippen LogP contribution in [0.4, 0.5) is 0 Å². The number of nitrogens with zero attached hydrogens (tertiary/aromatic N) is 1. The summed E-state index contributed by atoms with van der Waals surface area (Å²) >= 11 is 0. The normalized spacial score (nSPS) is 50.0. The van der Waals surface area contributed by atoms with Crippen LogP contribution in [0.15, 0.2) is 11.6 Å². The van der Waals surface area contributed by atoms with E-state index < -0.39 is 46.5 Å². The van der Waals surface area contributed by atoms with E-state index in [9.17, 15) is 25.1 Å². The molecular formula is C32H45NO9.